The third-order valence-electron chi connectivity index (χ3n) is 2.16. The molecule has 0 aliphatic rings. The van der Waals surface area contributed by atoms with Gasteiger partial charge < -0.3 is 4.74 Å². The van der Waals surface area contributed by atoms with Crippen molar-refractivity contribution in [3.8, 4) is 16.9 Å². The Morgan fingerprint density at radius 1 is 1.07 bits per heavy atom. The van der Waals surface area contributed by atoms with Crippen molar-refractivity contribution < 1.29 is 4.74 Å². The zero-order chi connectivity index (χ0) is 10.7. The first-order valence-corrected chi connectivity index (χ1v) is 5.70. The lowest BCUT2D eigenvalue weighted by Gasteiger charge is -2.08. The first-order valence-electron chi connectivity index (χ1n) is 4.62. The Hall–Kier alpha value is -1.03. The van der Waals surface area contributed by atoms with Crippen molar-refractivity contribution in [3.63, 3.8) is 0 Å². The molecule has 1 radical (unpaired) electrons. The third kappa shape index (κ3) is 2.31. The number of ether oxygens (including phenoxy) is 1. The van der Waals surface area contributed by atoms with E-state index in [-0.39, 0.29) is 0 Å². The summed E-state index contributed by atoms with van der Waals surface area (Å²) in [5.41, 5.74) is 2.24. The third-order valence-corrected chi connectivity index (χ3v) is 2.79. The quantitative estimate of drug-likeness (QED) is 0.767. The SMILES string of the molecule is COc1[c]c(I)ccc1-c1ccccc1. The summed E-state index contributed by atoms with van der Waals surface area (Å²) in [5, 5.41) is 0. The highest BCUT2D eigenvalue weighted by Crippen LogP contribution is 2.30. The molecule has 2 heteroatoms. The van der Waals surface area contributed by atoms with E-state index in [0.29, 0.717) is 0 Å². The van der Waals surface area contributed by atoms with Gasteiger partial charge in [0.25, 0.3) is 0 Å². The van der Waals surface area contributed by atoms with Crippen LogP contribution in [0.3, 0.4) is 0 Å². The van der Waals surface area contributed by atoms with Crippen molar-refractivity contribution in [1.82, 2.24) is 0 Å². The molecule has 0 amide bonds. The van der Waals surface area contributed by atoms with Gasteiger partial charge in [-0.2, -0.15) is 0 Å². The fourth-order valence-corrected chi connectivity index (χ4v) is 1.88. The Kier molecular flexibility index (Phi) is 3.26. The molecule has 2 rings (SSSR count). The van der Waals surface area contributed by atoms with Gasteiger partial charge >= 0.3 is 0 Å². The van der Waals surface area contributed by atoms with Gasteiger partial charge in [-0.1, -0.05) is 30.3 Å². The number of hydrogen-bond acceptors (Lipinski definition) is 1. The zero-order valence-electron chi connectivity index (χ0n) is 8.33. The summed E-state index contributed by atoms with van der Waals surface area (Å²) in [6, 6.07) is 17.5. The lowest BCUT2D eigenvalue weighted by atomic mass is 10.1. The van der Waals surface area contributed by atoms with Crippen LogP contribution in [0.15, 0.2) is 42.5 Å². The zero-order valence-corrected chi connectivity index (χ0v) is 10.5. The Balaban J connectivity index is 2.53. The van der Waals surface area contributed by atoms with Crippen LogP contribution in [0.5, 0.6) is 5.75 Å². The van der Waals surface area contributed by atoms with Crippen LogP contribution in [0.1, 0.15) is 0 Å². The number of halogens is 1. The predicted octanol–water partition coefficient (Wildman–Crippen LogP) is 3.77. The monoisotopic (exact) mass is 309 g/mol. The lowest BCUT2D eigenvalue weighted by molar-refractivity contribution is 0.415. The van der Waals surface area contributed by atoms with Gasteiger partial charge in [0.05, 0.1) is 7.11 Å². The van der Waals surface area contributed by atoms with Crippen LogP contribution in [0.2, 0.25) is 0 Å². The van der Waals surface area contributed by atoms with Crippen molar-refractivity contribution in [2.45, 2.75) is 0 Å². The fourth-order valence-electron chi connectivity index (χ4n) is 1.46. The average Bonchev–Trinajstić information content (AvgIpc) is 2.30. The first kappa shape index (κ1) is 10.5. The van der Waals surface area contributed by atoms with Crippen molar-refractivity contribution in [2.24, 2.45) is 0 Å². The Morgan fingerprint density at radius 2 is 1.80 bits per heavy atom. The Morgan fingerprint density at radius 3 is 2.47 bits per heavy atom. The molecule has 2 aromatic rings. The van der Waals surface area contributed by atoms with E-state index < -0.39 is 0 Å². The largest absolute Gasteiger partial charge is 0.495 e. The molecular formula is C13H10IO. The molecule has 0 atom stereocenters. The Bertz CT molecular complexity index is 451. The summed E-state index contributed by atoms with van der Waals surface area (Å²) in [6.07, 6.45) is 0. The van der Waals surface area contributed by atoms with Crippen molar-refractivity contribution in [2.75, 3.05) is 7.11 Å². The van der Waals surface area contributed by atoms with E-state index in [4.69, 9.17) is 4.74 Å². The average molecular weight is 309 g/mol. The van der Waals surface area contributed by atoms with E-state index in [1.807, 2.05) is 24.3 Å². The topological polar surface area (TPSA) is 9.23 Å². The molecule has 0 fully saturated rings. The van der Waals surface area contributed by atoms with Gasteiger partial charge in [-0.3, -0.25) is 0 Å². The summed E-state index contributed by atoms with van der Waals surface area (Å²) in [6.45, 7) is 0. The molecule has 0 aromatic heterocycles. The number of benzene rings is 2. The van der Waals surface area contributed by atoms with Gasteiger partial charge in [-0.15, -0.1) is 0 Å². The molecular weight excluding hydrogens is 299 g/mol. The van der Waals surface area contributed by atoms with E-state index >= 15 is 0 Å². The second kappa shape index (κ2) is 4.66. The molecule has 0 N–H and O–H groups in total. The second-order valence-corrected chi connectivity index (χ2v) is 4.28. The highest BCUT2D eigenvalue weighted by atomic mass is 127. The molecule has 0 unspecified atom stereocenters. The molecule has 0 heterocycles. The van der Waals surface area contributed by atoms with Crippen LogP contribution >= 0.6 is 22.6 Å². The first-order chi connectivity index (χ1) is 7.31. The van der Waals surface area contributed by atoms with Gasteiger partial charge in [0.2, 0.25) is 0 Å². The summed E-state index contributed by atoms with van der Waals surface area (Å²) in [7, 11) is 1.67. The van der Waals surface area contributed by atoms with E-state index in [0.717, 1.165) is 20.4 Å². The lowest BCUT2D eigenvalue weighted by Crippen LogP contribution is -1.88. The second-order valence-electron chi connectivity index (χ2n) is 3.12. The smallest absolute Gasteiger partial charge is 0.135 e. The van der Waals surface area contributed by atoms with E-state index in [2.05, 4.69) is 46.9 Å². The van der Waals surface area contributed by atoms with Crippen molar-refractivity contribution in [3.05, 3.63) is 52.1 Å². The standard InChI is InChI=1S/C13H10IO/c1-15-13-9-11(14)7-8-12(13)10-5-3-2-4-6-10/h2-8H,1H3. The van der Waals surface area contributed by atoms with Crippen LogP contribution in [0, 0.1) is 9.64 Å². The van der Waals surface area contributed by atoms with Gasteiger partial charge in [0.15, 0.2) is 0 Å². The number of hydrogen-bond donors (Lipinski definition) is 0. The van der Waals surface area contributed by atoms with Crippen LogP contribution in [-0.2, 0) is 0 Å². The molecule has 0 bridgehead atoms. The van der Waals surface area contributed by atoms with E-state index in [1.165, 1.54) is 0 Å². The molecule has 0 saturated carbocycles. The van der Waals surface area contributed by atoms with E-state index in [9.17, 15) is 0 Å². The minimum absolute atomic E-state index is 0.799. The summed E-state index contributed by atoms with van der Waals surface area (Å²) in [5.74, 6) is 0.799. The summed E-state index contributed by atoms with van der Waals surface area (Å²) in [4.78, 5) is 0. The molecule has 75 valence electrons. The number of methoxy groups -OCH3 is 1. The fraction of sp³-hybridized carbons (Fsp3) is 0.0769. The molecule has 0 spiro atoms. The summed E-state index contributed by atoms with van der Waals surface area (Å²) < 4.78 is 6.38. The maximum Gasteiger partial charge on any atom is 0.135 e. The van der Waals surface area contributed by atoms with Gasteiger partial charge in [0.1, 0.15) is 5.75 Å². The van der Waals surface area contributed by atoms with Gasteiger partial charge in [-0.05, 0) is 40.3 Å². The van der Waals surface area contributed by atoms with E-state index in [1.54, 1.807) is 7.11 Å². The highest BCUT2D eigenvalue weighted by molar-refractivity contribution is 14.1. The van der Waals surface area contributed by atoms with Crippen molar-refractivity contribution in [1.29, 1.82) is 0 Å². The molecule has 15 heavy (non-hydrogen) atoms. The van der Waals surface area contributed by atoms with Crippen molar-refractivity contribution >= 4 is 22.6 Å². The molecule has 0 aliphatic heterocycles. The summed E-state index contributed by atoms with van der Waals surface area (Å²) >= 11 is 2.23. The van der Waals surface area contributed by atoms with Crippen LogP contribution in [0.25, 0.3) is 11.1 Å². The minimum atomic E-state index is 0.799. The molecule has 2 aromatic carbocycles. The maximum absolute atomic E-state index is 5.32. The van der Waals surface area contributed by atoms with Crippen LogP contribution in [0.4, 0.5) is 0 Å². The maximum atomic E-state index is 5.32. The molecule has 1 nitrogen and oxygen atoms in total. The van der Waals surface area contributed by atoms with Gasteiger partial charge in [-0.25, -0.2) is 0 Å². The Labute approximate surface area is 103 Å². The van der Waals surface area contributed by atoms with Crippen LogP contribution < -0.4 is 4.74 Å². The molecule has 0 aliphatic carbocycles. The van der Waals surface area contributed by atoms with Crippen LogP contribution in [-0.4, -0.2) is 7.11 Å². The number of rotatable bonds is 2. The molecule has 0 saturated heterocycles. The highest BCUT2D eigenvalue weighted by Gasteiger charge is 2.05. The minimum Gasteiger partial charge on any atom is -0.495 e. The normalized spacial score (nSPS) is 10.0. The van der Waals surface area contributed by atoms with Gasteiger partial charge in [0, 0.05) is 15.2 Å². The predicted molar refractivity (Wildman–Crippen MR) is 70.0 cm³/mol.